The van der Waals surface area contributed by atoms with Crippen molar-refractivity contribution in [3.63, 3.8) is 0 Å². The molecule has 2 N–H and O–H groups in total. The zero-order chi connectivity index (χ0) is 13.0. The summed E-state index contributed by atoms with van der Waals surface area (Å²) in [4.78, 5) is 0. The van der Waals surface area contributed by atoms with Crippen LogP contribution in [-0.4, -0.2) is 25.3 Å². The average Bonchev–Trinajstić information content (AvgIpc) is 2.86. The van der Waals surface area contributed by atoms with Gasteiger partial charge in [0, 0.05) is 6.54 Å². The molecule has 1 aliphatic rings. The fourth-order valence-corrected chi connectivity index (χ4v) is 3.89. The van der Waals surface area contributed by atoms with Crippen molar-refractivity contribution in [2.24, 2.45) is 0 Å². The van der Waals surface area contributed by atoms with Gasteiger partial charge in [-0.25, -0.2) is 13.1 Å². The smallest absolute Gasteiger partial charge is 0.214 e. The van der Waals surface area contributed by atoms with Gasteiger partial charge in [-0.2, -0.15) is 0 Å². The topological polar surface area (TPSA) is 66.4 Å². The molecule has 1 aromatic rings. The molecule has 4 nitrogen and oxygen atoms in total. The monoisotopic (exact) mass is 269 g/mol. The third-order valence-electron chi connectivity index (χ3n) is 3.39. The van der Waals surface area contributed by atoms with E-state index in [9.17, 15) is 8.42 Å². The van der Waals surface area contributed by atoms with Crippen LogP contribution in [-0.2, 0) is 16.4 Å². The fraction of sp³-hybridized carbons (Fsp3) is 0.538. The molecule has 2 rings (SSSR count). The third-order valence-corrected chi connectivity index (χ3v) is 5.35. The van der Waals surface area contributed by atoms with E-state index in [4.69, 9.17) is 5.11 Å². The summed E-state index contributed by atoms with van der Waals surface area (Å²) in [6.07, 6.45) is 4.25. The minimum atomic E-state index is -3.14. The van der Waals surface area contributed by atoms with Crippen molar-refractivity contribution < 1.29 is 13.5 Å². The fourth-order valence-electron chi connectivity index (χ4n) is 2.32. The predicted octanol–water partition coefficient (Wildman–Crippen LogP) is 1.80. The van der Waals surface area contributed by atoms with Crippen LogP contribution in [0.3, 0.4) is 0 Å². The first-order chi connectivity index (χ1) is 8.58. The van der Waals surface area contributed by atoms with E-state index in [0.717, 1.165) is 31.2 Å². The summed E-state index contributed by atoms with van der Waals surface area (Å²) in [6, 6.07) is 6.83. The summed E-state index contributed by atoms with van der Waals surface area (Å²) in [5.74, 6) is 0.227. The quantitative estimate of drug-likeness (QED) is 0.856. The Kier molecular flexibility index (Phi) is 4.24. The van der Waals surface area contributed by atoms with Crippen molar-refractivity contribution in [2.45, 2.75) is 37.4 Å². The molecule has 0 unspecified atom stereocenters. The number of hydrogen-bond donors (Lipinski definition) is 2. The summed E-state index contributed by atoms with van der Waals surface area (Å²) in [5, 5.41) is 8.95. The van der Waals surface area contributed by atoms with E-state index >= 15 is 0 Å². The molecule has 0 atom stereocenters. The SMILES string of the molecule is O=S(=O)(NCCc1ccc(O)cc1)C1CCCC1. The molecule has 0 radical (unpaired) electrons. The van der Waals surface area contributed by atoms with Crippen LogP contribution < -0.4 is 4.72 Å². The number of hydrogen-bond acceptors (Lipinski definition) is 3. The van der Waals surface area contributed by atoms with Gasteiger partial charge in [-0.05, 0) is 37.0 Å². The molecule has 18 heavy (non-hydrogen) atoms. The maximum atomic E-state index is 11.9. The highest BCUT2D eigenvalue weighted by Gasteiger charge is 2.27. The maximum Gasteiger partial charge on any atom is 0.214 e. The third kappa shape index (κ3) is 3.46. The molecule has 0 amide bonds. The molecule has 0 bridgehead atoms. The van der Waals surface area contributed by atoms with Gasteiger partial charge in [0.15, 0.2) is 0 Å². The molecule has 100 valence electrons. The predicted molar refractivity (Wildman–Crippen MR) is 71.0 cm³/mol. The van der Waals surface area contributed by atoms with E-state index < -0.39 is 10.0 Å². The van der Waals surface area contributed by atoms with Crippen LogP contribution in [0, 0.1) is 0 Å². The molecule has 1 fully saturated rings. The zero-order valence-corrected chi connectivity index (χ0v) is 11.1. The van der Waals surface area contributed by atoms with E-state index in [-0.39, 0.29) is 11.0 Å². The minimum Gasteiger partial charge on any atom is -0.508 e. The van der Waals surface area contributed by atoms with Crippen molar-refractivity contribution in [1.29, 1.82) is 0 Å². The van der Waals surface area contributed by atoms with Crippen LogP contribution in [0.5, 0.6) is 5.75 Å². The molecule has 0 aromatic heterocycles. The van der Waals surface area contributed by atoms with Crippen LogP contribution in [0.25, 0.3) is 0 Å². The first-order valence-corrected chi connectivity index (χ1v) is 7.89. The lowest BCUT2D eigenvalue weighted by Gasteiger charge is -2.12. The Balaban J connectivity index is 1.82. The van der Waals surface area contributed by atoms with Gasteiger partial charge in [-0.3, -0.25) is 0 Å². The second kappa shape index (κ2) is 5.71. The second-order valence-electron chi connectivity index (χ2n) is 4.76. The maximum absolute atomic E-state index is 11.9. The average molecular weight is 269 g/mol. The Morgan fingerprint density at radius 3 is 2.39 bits per heavy atom. The first kappa shape index (κ1) is 13.4. The Bertz CT molecular complexity index is 475. The lowest BCUT2D eigenvalue weighted by Crippen LogP contribution is -2.34. The van der Waals surface area contributed by atoms with Gasteiger partial charge in [0.25, 0.3) is 0 Å². The standard InChI is InChI=1S/C13H19NO3S/c15-12-7-5-11(6-8-12)9-10-14-18(16,17)13-3-1-2-4-13/h5-8,13-15H,1-4,9-10H2. The van der Waals surface area contributed by atoms with Gasteiger partial charge < -0.3 is 5.11 Å². The van der Waals surface area contributed by atoms with Crippen LogP contribution in [0.15, 0.2) is 24.3 Å². The molecule has 1 aromatic carbocycles. The van der Waals surface area contributed by atoms with Crippen molar-refractivity contribution in [3.8, 4) is 5.75 Å². The van der Waals surface area contributed by atoms with Gasteiger partial charge in [0.1, 0.15) is 5.75 Å². The van der Waals surface area contributed by atoms with Gasteiger partial charge in [0.2, 0.25) is 10.0 Å². The summed E-state index contributed by atoms with van der Waals surface area (Å²) in [6.45, 7) is 0.420. The van der Waals surface area contributed by atoms with E-state index in [1.807, 2.05) is 0 Å². The molecular weight excluding hydrogens is 250 g/mol. The summed E-state index contributed by atoms with van der Waals surface area (Å²) in [5.41, 5.74) is 1.02. The molecule has 0 heterocycles. The summed E-state index contributed by atoms with van der Waals surface area (Å²) < 4.78 is 26.5. The van der Waals surface area contributed by atoms with E-state index in [0.29, 0.717) is 13.0 Å². The molecule has 5 heteroatoms. The van der Waals surface area contributed by atoms with Gasteiger partial charge in [0.05, 0.1) is 5.25 Å². The van der Waals surface area contributed by atoms with Gasteiger partial charge in [-0.1, -0.05) is 25.0 Å². The first-order valence-electron chi connectivity index (χ1n) is 6.34. The number of aromatic hydroxyl groups is 1. The highest BCUT2D eigenvalue weighted by atomic mass is 32.2. The van der Waals surface area contributed by atoms with Crippen molar-refractivity contribution >= 4 is 10.0 Å². The number of sulfonamides is 1. The van der Waals surface area contributed by atoms with Crippen molar-refractivity contribution in [3.05, 3.63) is 29.8 Å². The van der Waals surface area contributed by atoms with E-state index in [2.05, 4.69) is 4.72 Å². The van der Waals surface area contributed by atoms with E-state index in [1.165, 1.54) is 0 Å². The van der Waals surface area contributed by atoms with Crippen molar-refractivity contribution in [1.82, 2.24) is 4.72 Å². The summed E-state index contributed by atoms with van der Waals surface area (Å²) in [7, 11) is -3.14. The molecule has 0 saturated heterocycles. The second-order valence-corrected chi connectivity index (χ2v) is 6.81. The largest absolute Gasteiger partial charge is 0.508 e. The summed E-state index contributed by atoms with van der Waals surface area (Å²) >= 11 is 0. The highest BCUT2D eigenvalue weighted by molar-refractivity contribution is 7.90. The Hall–Kier alpha value is -1.07. The molecule has 1 aliphatic carbocycles. The Morgan fingerprint density at radius 1 is 1.17 bits per heavy atom. The number of nitrogens with one attached hydrogen (secondary N) is 1. The number of phenolic OH excluding ortho intramolecular Hbond substituents is 1. The van der Waals surface area contributed by atoms with Crippen molar-refractivity contribution in [2.75, 3.05) is 6.54 Å². The zero-order valence-electron chi connectivity index (χ0n) is 10.3. The van der Waals surface area contributed by atoms with Crippen LogP contribution >= 0.6 is 0 Å². The Morgan fingerprint density at radius 2 is 1.78 bits per heavy atom. The molecule has 0 spiro atoms. The molecule has 1 saturated carbocycles. The number of benzene rings is 1. The van der Waals surface area contributed by atoms with Crippen LogP contribution in [0.1, 0.15) is 31.2 Å². The minimum absolute atomic E-state index is 0.197. The van der Waals surface area contributed by atoms with E-state index in [1.54, 1.807) is 24.3 Å². The Labute approximate surface area is 108 Å². The lowest BCUT2D eigenvalue weighted by molar-refractivity contribution is 0.475. The molecule has 0 aliphatic heterocycles. The number of rotatable bonds is 5. The normalized spacial score (nSPS) is 17.1. The lowest BCUT2D eigenvalue weighted by atomic mass is 10.1. The van der Waals surface area contributed by atoms with Crippen LogP contribution in [0.4, 0.5) is 0 Å². The molecular formula is C13H19NO3S. The number of phenols is 1. The van der Waals surface area contributed by atoms with Gasteiger partial charge >= 0.3 is 0 Å². The van der Waals surface area contributed by atoms with Crippen LogP contribution in [0.2, 0.25) is 0 Å². The highest BCUT2D eigenvalue weighted by Crippen LogP contribution is 2.23. The van der Waals surface area contributed by atoms with Gasteiger partial charge in [-0.15, -0.1) is 0 Å².